The number of fused-ring (bicyclic) bond motifs is 2. The predicted octanol–water partition coefficient (Wildman–Crippen LogP) is 6.80. The summed E-state index contributed by atoms with van der Waals surface area (Å²) in [5, 5.41) is 25.4. The minimum Gasteiger partial charge on any atom is -0.378 e. The van der Waals surface area contributed by atoms with Crippen LogP contribution < -0.4 is 5.32 Å². The van der Waals surface area contributed by atoms with E-state index < -0.39 is 12.0 Å². The van der Waals surface area contributed by atoms with E-state index in [2.05, 4.69) is 21.4 Å². The molecule has 1 amide bonds. The molecule has 1 aliphatic heterocycles. The highest BCUT2D eigenvalue weighted by molar-refractivity contribution is 6.00. The Morgan fingerprint density at radius 1 is 0.913 bits per heavy atom. The second kappa shape index (κ2) is 11.7. The van der Waals surface area contributed by atoms with Crippen molar-refractivity contribution >= 4 is 33.4 Å². The van der Waals surface area contributed by atoms with E-state index in [1.807, 2.05) is 89.6 Å². The highest BCUT2D eigenvalue weighted by Gasteiger charge is 2.24. The second-order valence-electron chi connectivity index (χ2n) is 11.5. The van der Waals surface area contributed by atoms with Gasteiger partial charge in [0.1, 0.15) is 12.0 Å². The number of carbonyl (C=O) groups is 1. The molecule has 4 heterocycles. The lowest BCUT2D eigenvalue weighted by molar-refractivity contribution is -0.124. The lowest BCUT2D eigenvalue weighted by atomic mass is 10.0. The summed E-state index contributed by atoms with van der Waals surface area (Å²) in [6.07, 6.45) is 4.87. The molecule has 1 aliphatic rings. The molecule has 1 fully saturated rings. The van der Waals surface area contributed by atoms with E-state index in [0.29, 0.717) is 23.7 Å². The fourth-order valence-electron chi connectivity index (χ4n) is 6.15. The van der Waals surface area contributed by atoms with E-state index in [9.17, 15) is 9.90 Å². The molecule has 0 radical (unpaired) electrons. The van der Waals surface area contributed by atoms with E-state index in [-0.39, 0.29) is 6.23 Å². The van der Waals surface area contributed by atoms with Gasteiger partial charge in [-0.25, -0.2) is 14.3 Å². The lowest BCUT2D eigenvalue weighted by Crippen LogP contribution is -2.20. The van der Waals surface area contributed by atoms with Gasteiger partial charge in [-0.15, -0.1) is 5.10 Å². The number of amides is 1. The Morgan fingerprint density at radius 3 is 2.65 bits per heavy atom. The van der Waals surface area contributed by atoms with Crippen LogP contribution in [0.1, 0.15) is 37.2 Å². The van der Waals surface area contributed by atoms with Crippen molar-refractivity contribution < 1.29 is 14.6 Å². The number of para-hydroxylation sites is 2. The Kier molecular flexibility index (Phi) is 7.13. The van der Waals surface area contributed by atoms with Crippen LogP contribution in [0.3, 0.4) is 0 Å². The molecular weight excluding hydrogens is 578 g/mol. The van der Waals surface area contributed by atoms with Crippen molar-refractivity contribution in [3.8, 4) is 28.3 Å². The molecule has 1 saturated heterocycles. The Hall–Kier alpha value is -5.58. The second-order valence-corrected chi connectivity index (χ2v) is 11.5. The molecule has 7 aromatic rings. The minimum atomic E-state index is -1.34. The largest absolute Gasteiger partial charge is 0.378 e. The molecular formula is C36H31N7O3. The number of nitrogens with zero attached hydrogens (tertiary/aromatic N) is 5. The molecule has 10 nitrogen and oxygen atoms in total. The number of nitrogens with one attached hydrogen (secondary N) is 2. The van der Waals surface area contributed by atoms with Crippen molar-refractivity contribution in [3.05, 3.63) is 115 Å². The number of benzene rings is 4. The third-order valence-corrected chi connectivity index (χ3v) is 8.47. The van der Waals surface area contributed by atoms with Crippen LogP contribution >= 0.6 is 0 Å². The highest BCUT2D eigenvalue weighted by atomic mass is 16.5. The van der Waals surface area contributed by atoms with E-state index in [0.717, 1.165) is 63.6 Å². The number of aliphatic hydroxyl groups excluding tert-OH is 1. The molecule has 46 heavy (non-hydrogen) atoms. The van der Waals surface area contributed by atoms with Gasteiger partial charge in [0.15, 0.2) is 18.2 Å². The number of H-pyrrole nitrogens is 1. The summed E-state index contributed by atoms with van der Waals surface area (Å²) in [6.45, 7) is 0.695. The standard InChI is InChI=1S/C36H31N7O3/c44-34(29-21-37-30-14-5-4-13-27(29)30)36(45)39-25-10-8-9-23(19-25)33-28-20-24(35-38-22-42(41-35)26-11-2-1-3-12-26)16-17-31(28)43(40-33)32-15-6-7-18-46-32/h1-5,8-14,16-17,19-22,32,34,37,44H,6-7,15,18H2,(H,39,45). The molecule has 0 saturated carbocycles. The summed E-state index contributed by atoms with van der Waals surface area (Å²) >= 11 is 0. The maximum atomic E-state index is 13.2. The molecule has 0 aliphatic carbocycles. The molecule has 0 spiro atoms. The number of rotatable bonds is 7. The van der Waals surface area contributed by atoms with Crippen molar-refractivity contribution in [2.24, 2.45) is 0 Å². The van der Waals surface area contributed by atoms with Crippen LogP contribution in [0, 0.1) is 0 Å². The molecule has 4 aromatic carbocycles. The van der Waals surface area contributed by atoms with Crippen molar-refractivity contribution in [2.75, 3.05) is 11.9 Å². The first-order chi connectivity index (χ1) is 22.6. The average Bonchev–Trinajstić information content (AvgIpc) is 3.86. The fourth-order valence-corrected chi connectivity index (χ4v) is 6.15. The minimum absolute atomic E-state index is 0.166. The molecule has 2 unspecified atom stereocenters. The van der Waals surface area contributed by atoms with Crippen LogP contribution in [0.15, 0.2) is 110 Å². The summed E-state index contributed by atoms with van der Waals surface area (Å²) in [5.74, 6) is 0.0842. The fraction of sp³-hybridized carbons (Fsp3) is 0.167. The maximum Gasteiger partial charge on any atom is 0.257 e. The quantitative estimate of drug-likeness (QED) is 0.183. The molecule has 8 rings (SSSR count). The van der Waals surface area contributed by atoms with Gasteiger partial charge >= 0.3 is 0 Å². The smallest absolute Gasteiger partial charge is 0.257 e. The molecule has 3 aromatic heterocycles. The third-order valence-electron chi connectivity index (χ3n) is 8.47. The Labute approximate surface area is 264 Å². The van der Waals surface area contributed by atoms with Gasteiger partial charge in [-0.2, -0.15) is 5.10 Å². The molecule has 10 heteroatoms. The van der Waals surface area contributed by atoms with Crippen LogP contribution in [0.2, 0.25) is 0 Å². The zero-order valence-corrected chi connectivity index (χ0v) is 24.9. The predicted molar refractivity (Wildman–Crippen MR) is 176 cm³/mol. The highest BCUT2D eigenvalue weighted by Crippen LogP contribution is 2.36. The van der Waals surface area contributed by atoms with Gasteiger partial charge in [0, 0.05) is 51.5 Å². The number of carbonyl (C=O) groups excluding carboxylic acids is 1. The van der Waals surface area contributed by atoms with Crippen molar-refractivity contribution in [1.29, 1.82) is 0 Å². The van der Waals surface area contributed by atoms with Gasteiger partial charge in [-0.1, -0.05) is 48.5 Å². The number of aromatic amines is 1. The van der Waals surface area contributed by atoms with Crippen LogP contribution in [-0.4, -0.2) is 47.1 Å². The van der Waals surface area contributed by atoms with Crippen molar-refractivity contribution in [3.63, 3.8) is 0 Å². The molecule has 3 N–H and O–H groups in total. The van der Waals surface area contributed by atoms with E-state index in [1.54, 1.807) is 23.3 Å². The van der Waals surface area contributed by atoms with Crippen LogP contribution in [0.5, 0.6) is 0 Å². The number of hydrogen-bond donors (Lipinski definition) is 3. The van der Waals surface area contributed by atoms with Crippen molar-refractivity contribution in [1.82, 2.24) is 29.5 Å². The van der Waals surface area contributed by atoms with Crippen molar-refractivity contribution in [2.45, 2.75) is 31.6 Å². The SMILES string of the molecule is O=C(Nc1cccc(-c2nn(C3CCCCO3)c3ccc(-c4ncn(-c5ccccc5)n4)cc23)c1)C(O)c1c[nH]c2ccccc12. The van der Waals surface area contributed by atoms with Gasteiger partial charge < -0.3 is 20.1 Å². The van der Waals surface area contributed by atoms with E-state index in [4.69, 9.17) is 14.9 Å². The normalized spacial score (nSPS) is 15.7. The summed E-state index contributed by atoms with van der Waals surface area (Å²) in [6, 6.07) is 31.1. The van der Waals surface area contributed by atoms with Gasteiger partial charge in [-0.05, 0) is 67.8 Å². The van der Waals surface area contributed by atoms with Gasteiger partial charge in [0.25, 0.3) is 5.91 Å². The monoisotopic (exact) mass is 609 g/mol. The number of anilines is 1. The van der Waals surface area contributed by atoms with Gasteiger partial charge in [0.05, 0.1) is 11.2 Å². The Morgan fingerprint density at radius 2 is 1.78 bits per heavy atom. The molecule has 0 bridgehead atoms. The number of hydrogen-bond acceptors (Lipinski definition) is 6. The summed E-state index contributed by atoms with van der Waals surface area (Å²) in [5.41, 5.74) is 6.24. The summed E-state index contributed by atoms with van der Waals surface area (Å²) in [7, 11) is 0. The third kappa shape index (κ3) is 5.13. The van der Waals surface area contributed by atoms with Gasteiger partial charge in [-0.3, -0.25) is 4.79 Å². The first kappa shape index (κ1) is 27.9. The average molecular weight is 610 g/mol. The van der Waals surface area contributed by atoms with Crippen LogP contribution in [0.4, 0.5) is 5.69 Å². The Bertz CT molecular complexity index is 2180. The first-order valence-corrected chi connectivity index (χ1v) is 15.4. The van der Waals surface area contributed by atoms with E-state index >= 15 is 0 Å². The first-order valence-electron chi connectivity index (χ1n) is 15.4. The Balaban J connectivity index is 1.15. The summed E-state index contributed by atoms with van der Waals surface area (Å²) < 4.78 is 9.87. The topological polar surface area (TPSA) is 123 Å². The number of aliphatic hydroxyl groups is 1. The molecule has 2 atom stereocenters. The number of aromatic nitrogens is 6. The van der Waals surface area contributed by atoms with Crippen LogP contribution in [0.25, 0.3) is 50.1 Å². The lowest BCUT2D eigenvalue weighted by Gasteiger charge is -2.23. The van der Waals surface area contributed by atoms with Crippen LogP contribution in [-0.2, 0) is 9.53 Å². The number of ether oxygens (including phenoxy) is 1. The maximum absolute atomic E-state index is 13.2. The summed E-state index contributed by atoms with van der Waals surface area (Å²) in [4.78, 5) is 20.9. The zero-order valence-electron chi connectivity index (χ0n) is 24.9. The zero-order chi connectivity index (χ0) is 31.0. The van der Waals surface area contributed by atoms with E-state index in [1.165, 1.54) is 0 Å². The molecule has 228 valence electrons. The van der Waals surface area contributed by atoms with Gasteiger partial charge in [0.2, 0.25) is 0 Å².